The molecule has 3 aliphatic carbocycles. The molecule has 5 rings (SSSR count). The molecule has 2 aromatic rings. The summed E-state index contributed by atoms with van der Waals surface area (Å²) in [7, 11) is 0. The summed E-state index contributed by atoms with van der Waals surface area (Å²) in [4.78, 5) is 0. The summed E-state index contributed by atoms with van der Waals surface area (Å²) in [6, 6.07) is 17.2. The van der Waals surface area contributed by atoms with Gasteiger partial charge in [0.25, 0.3) is 0 Å². The average Bonchev–Trinajstić information content (AvgIpc) is 3.38. The molecule has 100 valence electrons. The van der Waals surface area contributed by atoms with Crippen molar-refractivity contribution >= 4 is 0 Å². The van der Waals surface area contributed by atoms with Gasteiger partial charge < -0.3 is 5.11 Å². The predicted molar refractivity (Wildman–Crippen MR) is 78.7 cm³/mol. The lowest BCUT2D eigenvalue weighted by Gasteiger charge is -2.32. The third kappa shape index (κ3) is 1.27. The number of rotatable bonds is 1. The zero-order valence-corrected chi connectivity index (χ0v) is 11.4. The maximum Gasteiger partial charge on any atom is 0.118 e. The molecule has 2 saturated carbocycles. The van der Waals surface area contributed by atoms with Crippen LogP contribution in [-0.2, 0) is 5.60 Å². The van der Waals surface area contributed by atoms with Crippen molar-refractivity contribution in [3.8, 4) is 0 Å². The molecule has 2 fully saturated rings. The fourth-order valence-electron chi connectivity index (χ4n) is 4.30. The van der Waals surface area contributed by atoms with Gasteiger partial charge in [-0.15, -0.1) is 0 Å². The SMILES string of the molecule is OC1(C2CC2)c2ccccc2[C@H]2C[C@H]2c2ccccc21. The second-order valence-electron chi connectivity index (χ2n) is 6.66. The van der Waals surface area contributed by atoms with Crippen molar-refractivity contribution in [2.75, 3.05) is 0 Å². The molecule has 1 heteroatoms. The van der Waals surface area contributed by atoms with Gasteiger partial charge in [-0.2, -0.15) is 0 Å². The number of benzene rings is 2. The minimum atomic E-state index is -0.749. The molecule has 0 heterocycles. The summed E-state index contributed by atoms with van der Waals surface area (Å²) in [5.74, 6) is 1.66. The molecule has 0 spiro atoms. The van der Waals surface area contributed by atoms with Gasteiger partial charge in [-0.25, -0.2) is 0 Å². The Hall–Kier alpha value is -1.60. The molecular formula is C19H18O. The van der Waals surface area contributed by atoms with E-state index in [0.717, 1.165) is 12.8 Å². The van der Waals surface area contributed by atoms with Gasteiger partial charge in [0.15, 0.2) is 0 Å². The molecule has 2 aromatic carbocycles. The average molecular weight is 262 g/mol. The summed E-state index contributed by atoms with van der Waals surface area (Å²) in [5.41, 5.74) is 4.40. The van der Waals surface area contributed by atoms with E-state index in [0.29, 0.717) is 17.8 Å². The third-order valence-electron chi connectivity index (χ3n) is 5.50. The molecule has 1 N–H and O–H groups in total. The molecular weight excluding hydrogens is 244 g/mol. The standard InChI is InChI=1S/C19H18O/c20-19(12-9-10-12)17-7-3-1-5-13(17)15-11-16(15)14-6-2-4-8-18(14)19/h1-8,12,15-16,20H,9-11H2/t15-,16+,19?. The van der Waals surface area contributed by atoms with Crippen molar-refractivity contribution in [3.63, 3.8) is 0 Å². The Labute approximate surface area is 119 Å². The smallest absolute Gasteiger partial charge is 0.118 e. The summed E-state index contributed by atoms with van der Waals surface area (Å²) in [6.45, 7) is 0. The van der Waals surface area contributed by atoms with Crippen LogP contribution in [0.4, 0.5) is 0 Å². The minimum Gasteiger partial charge on any atom is -0.380 e. The van der Waals surface area contributed by atoms with Crippen LogP contribution < -0.4 is 0 Å². The lowest BCUT2D eigenvalue weighted by atomic mass is 9.78. The Morgan fingerprint density at radius 1 is 0.800 bits per heavy atom. The molecule has 0 amide bonds. The van der Waals surface area contributed by atoms with E-state index >= 15 is 0 Å². The fourth-order valence-corrected chi connectivity index (χ4v) is 4.30. The highest BCUT2D eigenvalue weighted by atomic mass is 16.3. The third-order valence-corrected chi connectivity index (χ3v) is 5.50. The van der Waals surface area contributed by atoms with Gasteiger partial charge in [-0.3, -0.25) is 0 Å². The molecule has 1 unspecified atom stereocenters. The molecule has 1 nitrogen and oxygen atoms in total. The van der Waals surface area contributed by atoms with E-state index < -0.39 is 5.60 Å². The molecule has 0 bridgehead atoms. The van der Waals surface area contributed by atoms with Crippen LogP contribution >= 0.6 is 0 Å². The maximum atomic E-state index is 11.6. The Bertz CT molecular complexity index is 647. The molecule has 3 atom stereocenters. The molecule has 20 heavy (non-hydrogen) atoms. The largest absolute Gasteiger partial charge is 0.380 e. The van der Waals surface area contributed by atoms with E-state index in [1.54, 1.807) is 0 Å². The summed E-state index contributed by atoms with van der Waals surface area (Å²) in [6.07, 6.45) is 3.54. The van der Waals surface area contributed by atoms with Gasteiger partial charge in [0.1, 0.15) is 5.60 Å². The minimum absolute atomic E-state index is 0.405. The van der Waals surface area contributed by atoms with E-state index in [1.165, 1.54) is 28.7 Å². The Kier molecular flexibility index (Phi) is 1.96. The second kappa shape index (κ2) is 3.53. The lowest BCUT2D eigenvalue weighted by molar-refractivity contribution is 0.0554. The predicted octanol–water partition coefficient (Wildman–Crippen LogP) is 3.92. The van der Waals surface area contributed by atoms with Gasteiger partial charge >= 0.3 is 0 Å². The highest BCUT2D eigenvalue weighted by Gasteiger charge is 2.55. The number of hydrogen-bond acceptors (Lipinski definition) is 1. The van der Waals surface area contributed by atoms with Gasteiger partial charge in [-0.1, -0.05) is 48.5 Å². The van der Waals surface area contributed by atoms with Gasteiger partial charge in [0, 0.05) is 0 Å². The first kappa shape index (κ1) is 11.1. The quantitative estimate of drug-likeness (QED) is 0.826. The monoisotopic (exact) mass is 262 g/mol. The van der Waals surface area contributed by atoms with Gasteiger partial charge in [0.05, 0.1) is 0 Å². The van der Waals surface area contributed by atoms with Crippen molar-refractivity contribution in [3.05, 3.63) is 70.8 Å². The van der Waals surface area contributed by atoms with Crippen LogP contribution in [0.2, 0.25) is 0 Å². The van der Waals surface area contributed by atoms with Crippen LogP contribution in [0.1, 0.15) is 53.4 Å². The first-order valence-corrected chi connectivity index (χ1v) is 7.71. The second-order valence-corrected chi connectivity index (χ2v) is 6.66. The number of hydrogen-bond donors (Lipinski definition) is 1. The molecule has 3 aliphatic rings. The molecule has 0 aliphatic heterocycles. The van der Waals surface area contributed by atoms with Crippen molar-refractivity contribution in [2.45, 2.75) is 36.7 Å². The normalized spacial score (nSPS) is 33.6. The van der Waals surface area contributed by atoms with Crippen LogP contribution in [0, 0.1) is 5.92 Å². The first-order chi connectivity index (χ1) is 9.80. The van der Waals surface area contributed by atoms with Crippen LogP contribution in [0.15, 0.2) is 48.5 Å². The fraction of sp³-hybridized carbons (Fsp3) is 0.368. The summed E-state index contributed by atoms with van der Waals surface area (Å²) < 4.78 is 0. The van der Waals surface area contributed by atoms with Crippen LogP contribution in [0.3, 0.4) is 0 Å². The summed E-state index contributed by atoms with van der Waals surface area (Å²) in [5, 5.41) is 11.6. The van der Waals surface area contributed by atoms with E-state index in [1.807, 2.05) is 0 Å². The van der Waals surface area contributed by atoms with Crippen molar-refractivity contribution in [1.29, 1.82) is 0 Å². The highest BCUT2D eigenvalue weighted by molar-refractivity contribution is 5.55. The topological polar surface area (TPSA) is 20.2 Å². The molecule has 0 radical (unpaired) electrons. The Morgan fingerprint density at radius 3 is 1.80 bits per heavy atom. The highest BCUT2D eigenvalue weighted by Crippen LogP contribution is 2.64. The molecule has 0 saturated heterocycles. The first-order valence-electron chi connectivity index (χ1n) is 7.71. The van der Waals surface area contributed by atoms with Gasteiger partial charge in [-0.05, 0) is 59.3 Å². The van der Waals surface area contributed by atoms with Crippen molar-refractivity contribution in [2.24, 2.45) is 5.92 Å². The number of fused-ring (bicyclic) bond motifs is 5. The van der Waals surface area contributed by atoms with E-state index in [4.69, 9.17) is 0 Å². The van der Waals surface area contributed by atoms with Crippen molar-refractivity contribution < 1.29 is 5.11 Å². The lowest BCUT2D eigenvalue weighted by Crippen LogP contribution is -2.31. The Balaban J connectivity index is 1.86. The van der Waals surface area contributed by atoms with Crippen LogP contribution in [-0.4, -0.2) is 5.11 Å². The maximum absolute atomic E-state index is 11.6. The van der Waals surface area contributed by atoms with E-state index in [-0.39, 0.29) is 0 Å². The van der Waals surface area contributed by atoms with E-state index in [2.05, 4.69) is 48.5 Å². The Morgan fingerprint density at radius 2 is 1.30 bits per heavy atom. The van der Waals surface area contributed by atoms with Gasteiger partial charge in [0.2, 0.25) is 0 Å². The summed E-state index contributed by atoms with van der Waals surface area (Å²) >= 11 is 0. The number of aliphatic hydroxyl groups is 1. The molecule has 0 aromatic heterocycles. The van der Waals surface area contributed by atoms with Crippen LogP contribution in [0.5, 0.6) is 0 Å². The van der Waals surface area contributed by atoms with Crippen LogP contribution in [0.25, 0.3) is 0 Å². The van der Waals surface area contributed by atoms with E-state index in [9.17, 15) is 5.11 Å². The zero-order valence-electron chi connectivity index (χ0n) is 11.4. The zero-order chi connectivity index (χ0) is 13.3. The van der Waals surface area contributed by atoms with Crippen molar-refractivity contribution in [1.82, 2.24) is 0 Å².